The van der Waals surface area contributed by atoms with E-state index in [1.165, 1.54) is 17.3 Å². The highest BCUT2D eigenvalue weighted by molar-refractivity contribution is 7.99. The zero-order chi connectivity index (χ0) is 20.1. The molecule has 0 spiro atoms. The van der Waals surface area contributed by atoms with E-state index in [1.54, 1.807) is 13.3 Å². The summed E-state index contributed by atoms with van der Waals surface area (Å²) in [6.45, 7) is 6.33. The molecule has 2 aromatic carbocycles. The Bertz CT molecular complexity index is 949. The van der Waals surface area contributed by atoms with Gasteiger partial charge >= 0.3 is 0 Å². The van der Waals surface area contributed by atoms with Gasteiger partial charge in [-0.3, -0.25) is 9.36 Å². The highest BCUT2D eigenvalue weighted by Crippen LogP contribution is 2.26. The molecule has 3 aromatic rings. The van der Waals surface area contributed by atoms with Gasteiger partial charge in [-0.2, -0.15) is 0 Å². The van der Waals surface area contributed by atoms with Gasteiger partial charge in [-0.25, -0.2) is 4.98 Å². The molecule has 146 valence electrons. The van der Waals surface area contributed by atoms with E-state index >= 15 is 0 Å². The monoisotopic (exact) mass is 395 g/mol. The third-order valence-corrected chi connectivity index (χ3v) is 5.37. The van der Waals surface area contributed by atoms with Crippen LogP contribution in [0.1, 0.15) is 30.9 Å². The van der Waals surface area contributed by atoms with E-state index in [4.69, 9.17) is 4.74 Å². The summed E-state index contributed by atoms with van der Waals surface area (Å²) >= 11 is 1.40. The normalized spacial score (nSPS) is 10.9. The van der Waals surface area contributed by atoms with Crippen molar-refractivity contribution in [1.29, 1.82) is 0 Å². The number of thioether (sulfide) groups is 1. The molecule has 0 fully saturated rings. The van der Waals surface area contributed by atoms with Crippen molar-refractivity contribution in [3.05, 3.63) is 66.0 Å². The number of hydrogen-bond donors (Lipinski definition) is 1. The topological polar surface area (TPSA) is 56.1 Å². The zero-order valence-electron chi connectivity index (χ0n) is 16.6. The number of amides is 1. The van der Waals surface area contributed by atoms with E-state index in [2.05, 4.69) is 48.4 Å². The maximum atomic E-state index is 12.4. The SMILES string of the molecule is COc1ccc(C)cc1NC(=O)CSc1nccn1-c1ccc(C(C)C)cc1. The Hall–Kier alpha value is -2.73. The van der Waals surface area contributed by atoms with Crippen LogP contribution in [0.2, 0.25) is 0 Å². The number of benzene rings is 2. The smallest absolute Gasteiger partial charge is 0.234 e. The van der Waals surface area contributed by atoms with Gasteiger partial charge < -0.3 is 10.1 Å². The van der Waals surface area contributed by atoms with E-state index in [0.29, 0.717) is 17.4 Å². The molecule has 0 aliphatic rings. The Balaban J connectivity index is 1.67. The molecule has 6 heteroatoms. The van der Waals surface area contributed by atoms with Crippen LogP contribution in [-0.2, 0) is 4.79 Å². The maximum absolute atomic E-state index is 12.4. The van der Waals surface area contributed by atoms with Gasteiger partial charge in [-0.15, -0.1) is 0 Å². The lowest BCUT2D eigenvalue weighted by Crippen LogP contribution is -2.15. The molecule has 0 radical (unpaired) electrons. The largest absolute Gasteiger partial charge is 0.495 e. The Morgan fingerprint density at radius 2 is 1.96 bits per heavy atom. The molecule has 1 heterocycles. The van der Waals surface area contributed by atoms with Gasteiger partial charge in [0.25, 0.3) is 0 Å². The fraction of sp³-hybridized carbons (Fsp3) is 0.273. The van der Waals surface area contributed by atoms with E-state index < -0.39 is 0 Å². The van der Waals surface area contributed by atoms with Gasteiger partial charge in [0.2, 0.25) is 5.91 Å². The maximum Gasteiger partial charge on any atom is 0.234 e. The van der Waals surface area contributed by atoms with Crippen LogP contribution in [-0.4, -0.2) is 28.3 Å². The number of aryl methyl sites for hydroxylation is 1. The Morgan fingerprint density at radius 1 is 1.21 bits per heavy atom. The molecule has 3 rings (SSSR count). The van der Waals surface area contributed by atoms with Gasteiger partial charge in [0.15, 0.2) is 5.16 Å². The van der Waals surface area contributed by atoms with Crippen molar-refractivity contribution < 1.29 is 9.53 Å². The molecule has 0 aliphatic carbocycles. The molecule has 1 N–H and O–H groups in total. The van der Waals surface area contributed by atoms with Crippen LogP contribution in [0, 0.1) is 6.92 Å². The predicted molar refractivity (Wildman–Crippen MR) is 115 cm³/mol. The quantitative estimate of drug-likeness (QED) is 0.569. The van der Waals surface area contributed by atoms with Gasteiger partial charge in [0, 0.05) is 18.1 Å². The molecule has 0 unspecified atom stereocenters. The van der Waals surface area contributed by atoms with E-state index in [0.717, 1.165) is 16.4 Å². The molecule has 0 aliphatic heterocycles. The summed E-state index contributed by atoms with van der Waals surface area (Å²) in [7, 11) is 1.59. The number of hydrogen-bond acceptors (Lipinski definition) is 4. The Kier molecular flexibility index (Phi) is 6.41. The van der Waals surface area contributed by atoms with Crippen LogP contribution in [0.4, 0.5) is 5.69 Å². The van der Waals surface area contributed by atoms with Crippen LogP contribution in [0.15, 0.2) is 60.0 Å². The van der Waals surface area contributed by atoms with Crippen molar-refractivity contribution in [2.45, 2.75) is 31.8 Å². The van der Waals surface area contributed by atoms with Gasteiger partial charge in [0.05, 0.1) is 18.6 Å². The molecule has 0 saturated heterocycles. The summed E-state index contributed by atoms with van der Waals surface area (Å²) in [4.78, 5) is 16.8. The number of methoxy groups -OCH3 is 1. The van der Waals surface area contributed by atoms with Gasteiger partial charge in [0.1, 0.15) is 5.75 Å². The first-order valence-corrected chi connectivity index (χ1v) is 10.2. The van der Waals surface area contributed by atoms with Crippen molar-refractivity contribution >= 4 is 23.4 Å². The summed E-state index contributed by atoms with van der Waals surface area (Å²) in [5, 5.41) is 3.70. The van der Waals surface area contributed by atoms with Crippen molar-refractivity contribution in [1.82, 2.24) is 9.55 Å². The van der Waals surface area contributed by atoms with Crippen molar-refractivity contribution in [2.24, 2.45) is 0 Å². The third-order valence-electron chi connectivity index (χ3n) is 4.41. The number of nitrogens with zero attached hydrogens (tertiary/aromatic N) is 2. The molecule has 1 amide bonds. The lowest BCUT2D eigenvalue weighted by molar-refractivity contribution is -0.113. The van der Waals surface area contributed by atoms with Crippen LogP contribution >= 0.6 is 11.8 Å². The number of rotatable bonds is 7. The molecule has 1 aromatic heterocycles. The van der Waals surface area contributed by atoms with Crippen molar-refractivity contribution in [2.75, 3.05) is 18.2 Å². The number of aromatic nitrogens is 2. The highest BCUT2D eigenvalue weighted by Gasteiger charge is 2.12. The van der Waals surface area contributed by atoms with Crippen LogP contribution in [0.5, 0.6) is 5.75 Å². The lowest BCUT2D eigenvalue weighted by Gasteiger charge is -2.12. The minimum absolute atomic E-state index is 0.0985. The third kappa shape index (κ3) is 4.75. The minimum Gasteiger partial charge on any atom is -0.495 e. The molecule has 5 nitrogen and oxygen atoms in total. The standard InChI is InChI=1S/C22H25N3O2S/c1-15(2)17-6-8-18(9-7-17)25-12-11-23-22(25)28-14-21(26)24-19-13-16(3)5-10-20(19)27-4/h5-13,15H,14H2,1-4H3,(H,24,26). The Morgan fingerprint density at radius 3 is 2.64 bits per heavy atom. The molecule has 0 atom stereocenters. The summed E-state index contributed by atoms with van der Waals surface area (Å²) in [5.41, 5.74) is 4.07. The molecular formula is C22H25N3O2S. The summed E-state index contributed by atoms with van der Waals surface area (Å²) in [6, 6.07) is 14.1. The van der Waals surface area contributed by atoms with Gasteiger partial charge in [-0.1, -0.05) is 43.8 Å². The number of ether oxygens (including phenoxy) is 1. The number of anilines is 1. The second-order valence-electron chi connectivity index (χ2n) is 6.87. The van der Waals surface area contributed by atoms with E-state index in [1.807, 2.05) is 35.9 Å². The predicted octanol–water partition coefficient (Wildman–Crippen LogP) is 5.04. The average molecular weight is 396 g/mol. The molecule has 0 bridgehead atoms. The first-order valence-electron chi connectivity index (χ1n) is 9.19. The van der Waals surface area contributed by atoms with Crippen LogP contribution in [0.3, 0.4) is 0 Å². The number of carbonyl (C=O) groups is 1. The number of imidazole rings is 1. The summed E-state index contributed by atoms with van der Waals surface area (Å²) < 4.78 is 7.31. The first kappa shape index (κ1) is 20.0. The first-order chi connectivity index (χ1) is 13.5. The second kappa shape index (κ2) is 8.97. The zero-order valence-corrected chi connectivity index (χ0v) is 17.4. The van der Waals surface area contributed by atoms with Crippen LogP contribution in [0.25, 0.3) is 5.69 Å². The molecule has 28 heavy (non-hydrogen) atoms. The number of carbonyl (C=O) groups excluding carboxylic acids is 1. The van der Waals surface area contributed by atoms with E-state index in [-0.39, 0.29) is 11.7 Å². The fourth-order valence-electron chi connectivity index (χ4n) is 2.85. The molecular weight excluding hydrogens is 370 g/mol. The lowest BCUT2D eigenvalue weighted by atomic mass is 10.0. The van der Waals surface area contributed by atoms with Gasteiger partial charge in [-0.05, 0) is 48.2 Å². The highest BCUT2D eigenvalue weighted by atomic mass is 32.2. The molecule has 0 saturated carbocycles. The Labute approximate surface area is 170 Å². The van der Waals surface area contributed by atoms with Crippen molar-refractivity contribution in [3.8, 4) is 11.4 Å². The second-order valence-corrected chi connectivity index (χ2v) is 7.81. The van der Waals surface area contributed by atoms with Crippen LogP contribution < -0.4 is 10.1 Å². The minimum atomic E-state index is -0.0985. The number of nitrogens with one attached hydrogen (secondary N) is 1. The fourth-order valence-corrected chi connectivity index (χ4v) is 3.62. The van der Waals surface area contributed by atoms with E-state index in [9.17, 15) is 4.79 Å². The average Bonchev–Trinajstić information content (AvgIpc) is 3.15. The van der Waals surface area contributed by atoms with Crippen molar-refractivity contribution in [3.63, 3.8) is 0 Å². The summed E-state index contributed by atoms with van der Waals surface area (Å²) in [6.07, 6.45) is 3.66. The summed E-state index contributed by atoms with van der Waals surface area (Å²) in [5.74, 6) is 1.31.